The number of piperidine rings is 1. The molecule has 2 saturated heterocycles. The molecule has 0 radical (unpaired) electrons. The van der Waals surface area contributed by atoms with E-state index in [1.165, 1.54) is 58.2 Å². The normalized spacial score (nSPS) is 34.2. The third kappa shape index (κ3) is 2.64. The molecule has 3 unspecified atom stereocenters. The minimum absolute atomic E-state index is 0.731. The zero-order valence-electron chi connectivity index (χ0n) is 13.3. The van der Waals surface area contributed by atoms with Crippen LogP contribution in [0.4, 0.5) is 0 Å². The number of aryl methyl sites for hydroxylation is 1. The summed E-state index contributed by atoms with van der Waals surface area (Å²) in [6, 6.07) is 11.4. The number of fused-ring (bicyclic) bond motifs is 2. The van der Waals surface area contributed by atoms with E-state index in [2.05, 4.69) is 41.0 Å². The molecule has 0 bridgehead atoms. The van der Waals surface area contributed by atoms with Crippen molar-refractivity contribution in [1.82, 2.24) is 9.80 Å². The van der Waals surface area contributed by atoms with E-state index in [4.69, 9.17) is 0 Å². The Morgan fingerprint density at radius 1 is 0.952 bits per heavy atom. The fourth-order valence-corrected chi connectivity index (χ4v) is 4.85. The van der Waals surface area contributed by atoms with Gasteiger partial charge in [-0.05, 0) is 56.7 Å². The van der Waals surface area contributed by atoms with Gasteiger partial charge in [0.15, 0.2) is 0 Å². The minimum atomic E-state index is 0.731. The lowest BCUT2D eigenvalue weighted by molar-refractivity contribution is -0.0107. The topological polar surface area (TPSA) is 6.48 Å². The Labute approximate surface area is 129 Å². The molecule has 3 aliphatic rings. The zero-order chi connectivity index (χ0) is 14.2. The summed E-state index contributed by atoms with van der Waals surface area (Å²) in [5.41, 5.74) is 3.20. The molecule has 2 heterocycles. The molecule has 114 valence electrons. The quantitative estimate of drug-likeness (QED) is 0.782. The van der Waals surface area contributed by atoms with E-state index in [0.29, 0.717) is 0 Å². The largest absolute Gasteiger partial charge is 0.298 e. The average molecular weight is 284 g/mol. The number of piperazine rings is 1. The molecule has 1 aliphatic carbocycles. The van der Waals surface area contributed by atoms with Crippen molar-refractivity contribution in [3.05, 3.63) is 35.4 Å². The maximum atomic E-state index is 2.85. The van der Waals surface area contributed by atoms with Gasteiger partial charge in [-0.3, -0.25) is 9.80 Å². The number of rotatable bonds is 1. The SMILES string of the molecule is CC1CN2CCCCC2CN1C1CCc2ccccc2C1. The van der Waals surface area contributed by atoms with Crippen molar-refractivity contribution in [2.24, 2.45) is 0 Å². The van der Waals surface area contributed by atoms with Crippen LogP contribution in [0.2, 0.25) is 0 Å². The summed E-state index contributed by atoms with van der Waals surface area (Å²) in [5.74, 6) is 0. The van der Waals surface area contributed by atoms with E-state index in [-0.39, 0.29) is 0 Å². The van der Waals surface area contributed by atoms with E-state index in [9.17, 15) is 0 Å². The van der Waals surface area contributed by atoms with E-state index < -0.39 is 0 Å². The molecular formula is C19H28N2. The van der Waals surface area contributed by atoms with Gasteiger partial charge in [-0.1, -0.05) is 30.7 Å². The standard InChI is InChI=1S/C19H28N2/c1-15-13-20-11-5-4-8-19(20)14-21(15)18-10-9-16-6-2-3-7-17(16)12-18/h2-3,6-7,15,18-19H,4-5,8-14H2,1H3. The summed E-state index contributed by atoms with van der Waals surface area (Å²) in [6.07, 6.45) is 8.18. The van der Waals surface area contributed by atoms with Gasteiger partial charge in [0.1, 0.15) is 0 Å². The summed E-state index contributed by atoms with van der Waals surface area (Å²) < 4.78 is 0. The molecule has 3 atom stereocenters. The Hall–Kier alpha value is -0.860. The van der Waals surface area contributed by atoms with Crippen LogP contribution in [-0.2, 0) is 12.8 Å². The van der Waals surface area contributed by atoms with E-state index in [1.807, 2.05) is 0 Å². The molecule has 0 aromatic heterocycles. The van der Waals surface area contributed by atoms with Gasteiger partial charge in [-0.15, -0.1) is 0 Å². The van der Waals surface area contributed by atoms with Crippen molar-refractivity contribution in [2.75, 3.05) is 19.6 Å². The van der Waals surface area contributed by atoms with E-state index in [1.54, 1.807) is 11.1 Å². The van der Waals surface area contributed by atoms with Crippen LogP contribution in [0.5, 0.6) is 0 Å². The van der Waals surface area contributed by atoms with Gasteiger partial charge in [0.05, 0.1) is 0 Å². The van der Waals surface area contributed by atoms with Crippen LogP contribution in [0, 0.1) is 0 Å². The second-order valence-corrected chi connectivity index (χ2v) is 7.36. The van der Waals surface area contributed by atoms with Crippen molar-refractivity contribution in [3.63, 3.8) is 0 Å². The highest BCUT2D eigenvalue weighted by Crippen LogP contribution is 2.30. The van der Waals surface area contributed by atoms with Crippen molar-refractivity contribution in [3.8, 4) is 0 Å². The average Bonchev–Trinajstić information content (AvgIpc) is 2.54. The monoisotopic (exact) mass is 284 g/mol. The first-order chi connectivity index (χ1) is 10.3. The molecule has 2 aliphatic heterocycles. The molecule has 0 spiro atoms. The molecule has 2 heteroatoms. The minimum Gasteiger partial charge on any atom is -0.298 e. The first kappa shape index (κ1) is 13.8. The Bertz CT molecular complexity index is 498. The lowest BCUT2D eigenvalue weighted by atomic mass is 9.85. The molecule has 1 aromatic carbocycles. The summed E-state index contributed by atoms with van der Waals surface area (Å²) >= 11 is 0. The Kier molecular flexibility index (Phi) is 3.76. The third-order valence-electron chi connectivity index (χ3n) is 6.03. The Morgan fingerprint density at radius 2 is 1.81 bits per heavy atom. The molecule has 2 fully saturated rings. The molecule has 4 rings (SSSR count). The third-order valence-corrected chi connectivity index (χ3v) is 6.03. The molecule has 0 N–H and O–H groups in total. The second kappa shape index (κ2) is 5.73. The number of hydrogen-bond acceptors (Lipinski definition) is 2. The lowest BCUT2D eigenvalue weighted by Crippen LogP contribution is -2.61. The van der Waals surface area contributed by atoms with Crippen molar-refractivity contribution >= 4 is 0 Å². The van der Waals surface area contributed by atoms with Gasteiger partial charge in [-0.25, -0.2) is 0 Å². The maximum absolute atomic E-state index is 2.85. The molecule has 1 aromatic rings. The van der Waals surface area contributed by atoms with Crippen LogP contribution in [0.3, 0.4) is 0 Å². The molecule has 0 amide bonds. The first-order valence-electron chi connectivity index (χ1n) is 8.88. The van der Waals surface area contributed by atoms with Gasteiger partial charge in [0.2, 0.25) is 0 Å². The molecule has 2 nitrogen and oxygen atoms in total. The van der Waals surface area contributed by atoms with Crippen LogP contribution >= 0.6 is 0 Å². The first-order valence-corrected chi connectivity index (χ1v) is 8.88. The second-order valence-electron chi connectivity index (χ2n) is 7.36. The van der Waals surface area contributed by atoms with Gasteiger partial charge in [0, 0.05) is 31.2 Å². The van der Waals surface area contributed by atoms with Gasteiger partial charge in [-0.2, -0.15) is 0 Å². The molecule has 0 saturated carbocycles. The maximum Gasteiger partial charge on any atom is 0.0224 e. The molecular weight excluding hydrogens is 256 g/mol. The summed E-state index contributed by atoms with van der Waals surface area (Å²) in [7, 11) is 0. The Morgan fingerprint density at radius 3 is 2.71 bits per heavy atom. The van der Waals surface area contributed by atoms with Crippen molar-refractivity contribution < 1.29 is 0 Å². The smallest absolute Gasteiger partial charge is 0.0224 e. The number of benzene rings is 1. The predicted octanol–water partition coefficient (Wildman–Crippen LogP) is 3.10. The van der Waals surface area contributed by atoms with Crippen LogP contribution in [0.25, 0.3) is 0 Å². The highest BCUT2D eigenvalue weighted by molar-refractivity contribution is 5.30. The van der Waals surface area contributed by atoms with E-state index in [0.717, 1.165) is 18.1 Å². The van der Waals surface area contributed by atoms with Crippen LogP contribution in [-0.4, -0.2) is 47.6 Å². The van der Waals surface area contributed by atoms with Crippen LogP contribution < -0.4 is 0 Å². The number of hydrogen-bond donors (Lipinski definition) is 0. The highest BCUT2D eigenvalue weighted by atomic mass is 15.3. The van der Waals surface area contributed by atoms with Crippen LogP contribution in [0.1, 0.15) is 43.7 Å². The fourth-order valence-electron chi connectivity index (χ4n) is 4.85. The summed E-state index contributed by atoms with van der Waals surface area (Å²) in [6.45, 7) is 6.40. The fraction of sp³-hybridized carbons (Fsp3) is 0.684. The molecule has 21 heavy (non-hydrogen) atoms. The lowest BCUT2D eigenvalue weighted by Gasteiger charge is -2.51. The highest BCUT2D eigenvalue weighted by Gasteiger charge is 2.36. The number of nitrogens with zero attached hydrogens (tertiary/aromatic N) is 2. The zero-order valence-corrected chi connectivity index (χ0v) is 13.3. The van der Waals surface area contributed by atoms with E-state index >= 15 is 0 Å². The van der Waals surface area contributed by atoms with Crippen molar-refractivity contribution in [1.29, 1.82) is 0 Å². The summed E-state index contributed by atoms with van der Waals surface area (Å²) in [5, 5.41) is 0. The van der Waals surface area contributed by atoms with Gasteiger partial charge >= 0.3 is 0 Å². The van der Waals surface area contributed by atoms with Crippen LogP contribution in [0.15, 0.2) is 24.3 Å². The van der Waals surface area contributed by atoms with Gasteiger partial charge < -0.3 is 0 Å². The summed E-state index contributed by atoms with van der Waals surface area (Å²) in [4.78, 5) is 5.61. The van der Waals surface area contributed by atoms with Crippen molar-refractivity contribution in [2.45, 2.75) is 63.6 Å². The Balaban J connectivity index is 1.49. The predicted molar refractivity (Wildman–Crippen MR) is 87.6 cm³/mol. The van der Waals surface area contributed by atoms with Gasteiger partial charge in [0.25, 0.3) is 0 Å².